The van der Waals surface area contributed by atoms with Crippen molar-refractivity contribution >= 4 is 0 Å². The SMILES string of the molecule is C[C@H](CCCN1Cc2ccccc2C1)[C@H]1CC[C@H]2[C@@H]3[C@H](O)C[C@@H]4C[C@H](O)CC[C@]4(C)[C@H]3C[C@H](O)[C@]12C. The normalized spacial score (nSPS) is 47.1. The van der Waals surface area contributed by atoms with Crippen LogP contribution in [-0.2, 0) is 13.1 Å². The van der Waals surface area contributed by atoms with E-state index >= 15 is 0 Å². The molecule has 1 aromatic carbocycles. The summed E-state index contributed by atoms with van der Waals surface area (Å²) in [6, 6.07) is 8.85. The number of aliphatic hydroxyl groups is 3. The molecular formula is C32H49NO3. The van der Waals surface area contributed by atoms with Gasteiger partial charge in [-0.05, 0) is 122 Å². The van der Waals surface area contributed by atoms with Crippen molar-refractivity contribution in [1.82, 2.24) is 4.90 Å². The zero-order chi connectivity index (χ0) is 25.2. The molecule has 0 amide bonds. The van der Waals surface area contributed by atoms with E-state index in [2.05, 4.69) is 49.9 Å². The Kier molecular flexibility index (Phi) is 6.59. The van der Waals surface area contributed by atoms with Crippen LogP contribution in [0.1, 0.15) is 89.7 Å². The van der Waals surface area contributed by atoms with E-state index < -0.39 is 0 Å². The van der Waals surface area contributed by atoms with Gasteiger partial charge in [-0.2, -0.15) is 0 Å². The predicted octanol–water partition coefficient (Wildman–Crippen LogP) is 5.38. The number of fused-ring (bicyclic) bond motifs is 6. The number of rotatable bonds is 5. The third-order valence-corrected chi connectivity index (χ3v) is 12.6. The Bertz CT molecular complexity index is 926. The van der Waals surface area contributed by atoms with Gasteiger partial charge >= 0.3 is 0 Å². The van der Waals surface area contributed by atoms with Gasteiger partial charge < -0.3 is 15.3 Å². The third-order valence-electron chi connectivity index (χ3n) is 12.6. The van der Waals surface area contributed by atoms with Gasteiger partial charge in [0.25, 0.3) is 0 Å². The fraction of sp³-hybridized carbons (Fsp3) is 0.812. The number of hydrogen-bond donors (Lipinski definition) is 3. The van der Waals surface area contributed by atoms with Crippen LogP contribution < -0.4 is 0 Å². The first-order valence-corrected chi connectivity index (χ1v) is 15.0. The second-order valence-electron chi connectivity index (χ2n) is 14.1. The molecule has 1 aliphatic heterocycles. The summed E-state index contributed by atoms with van der Waals surface area (Å²) in [6.45, 7) is 10.6. The monoisotopic (exact) mass is 495 g/mol. The van der Waals surface area contributed by atoms with Crippen LogP contribution in [-0.4, -0.2) is 45.1 Å². The molecular weight excluding hydrogens is 446 g/mol. The lowest BCUT2D eigenvalue weighted by Crippen LogP contribution is -2.62. The van der Waals surface area contributed by atoms with Crippen molar-refractivity contribution in [1.29, 1.82) is 0 Å². The third kappa shape index (κ3) is 3.92. The van der Waals surface area contributed by atoms with E-state index in [4.69, 9.17) is 0 Å². The Balaban J connectivity index is 1.12. The van der Waals surface area contributed by atoms with Crippen molar-refractivity contribution in [3.05, 3.63) is 35.4 Å². The molecule has 6 rings (SSSR count). The van der Waals surface area contributed by atoms with Gasteiger partial charge in [-0.3, -0.25) is 4.90 Å². The molecule has 0 radical (unpaired) electrons. The highest BCUT2D eigenvalue weighted by molar-refractivity contribution is 5.30. The molecule has 200 valence electrons. The number of hydrogen-bond acceptors (Lipinski definition) is 4. The van der Waals surface area contributed by atoms with E-state index in [-0.39, 0.29) is 29.1 Å². The Labute approximate surface area is 218 Å². The summed E-state index contributed by atoms with van der Waals surface area (Å²) in [5.74, 6) is 2.66. The largest absolute Gasteiger partial charge is 0.393 e. The summed E-state index contributed by atoms with van der Waals surface area (Å²) < 4.78 is 0. The summed E-state index contributed by atoms with van der Waals surface area (Å²) in [5.41, 5.74) is 3.06. The van der Waals surface area contributed by atoms with Gasteiger partial charge in [0.2, 0.25) is 0 Å². The molecule has 36 heavy (non-hydrogen) atoms. The number of benzene rings is 1. The summed E-state index contributed by atoms with van der Waals surface area (Å²) >= 11 is 0. The van der Waals surface area contributed by atoms with Gasteiger partial charge in [0.15, 0.2) is 0 Å². The molecule has 0 bridgehead atoms. The molecule has 1 heterocycles. The fourth-order valence-electron chi connectivity index (χ4n) is 10.5. The van der Waals surface area contributed by atoms with Gasteiger partial charge in [-0.1, -0.05) is 45.0 Å². The van der Waals surface area contributed by atoms with Crippen LogP contribution in [0.3, 0.4) is 0 Å². The van der Waals surface area contributed by atoms with E-state index in [0.717, 1.165) is 58.2 Å². The molecule has 4 heteroatoms. The fourth-order valence-corrected chi connectivity index (χ4v) is 10.5. The van der Waals surface area contributed by atoms with Crippen LogP contribution in [0.25, 0.3) is 0 Å². The minimum atomic E-state index is -0.277. The first-order valence-electron chi connectivity index (χ1n) is 15.0. The average molecular weight is 496 g/mol. The maximum absolute atomic E-state index is 11.8. The van der Waals surface area contributed by atoms with Gasteiger partial charge in [0.1, 0.15) is 0 Å². The molecule has 0 spiro atoms. The summed E-state index contributed by atoms with van der Waals surface area (Å²) in [4.78, 5) is 2.59. The van der Waals surface area contributed by atoms with Crippen LogP contribution in [0.4, 0.5) is 0 Å². The van der Waals surface area contributed by atoms with Gasteiger partial charge in [0.05, 0.1) is 18.3 Å². The molecule has 0 unspecified atom stereocenters. The number of nitrogens with zero attached hydrogens (tertiary/aromatic N) is 1. The van der Waals surface area contributed by atoms with E-state index in [1.807, 2.05) is 0 Å². The van der Waals surface area contributed by atoms with E-state index in [1.165, 1.54) is 30.4 Å². The minimum Gasteiger partial charge on any atom is -0.393 e. The summed E-state index contributed by atoms with van der Waals surface area (Å²) in [5, 5.41) is 33.6. The Morgan fingerprint density at radius 1 is 0.944 bits per heavy atom. The highest BCUT2D eigenvalue weighted by atomic mass is 16.3. The average Bonchev–Trinajstić information content (AvgIpc) is 3.42. The first-order chi connectivity index (χ1) is 17.2. The van der Waals surface area contributed by atoms with Crippen molar-refractivity contribution < 1.29 is 15.3 Å². The highest BCUT2D eigenvalue weighted by Crippen LogP contribution is 2.68. The van der Waals surface area contributed by atoms with Crippen molar-refractivity contribution in [2.75, 3.05) is 6.54 Å². The first kappa shape index (κ1) is 25.3. The van der Waals surface area contributed by atoms with Gasteiger partial charge in [0, 0.05) is 13.1 Å². The van der Waals surface area contributed by atoms with Crippen molar-refractivity contribution in [2.45, 2.75) is 110 Å². The van der Waals surface area contributed by atoms with Crippen molar-refractivity contribution in [2.24, 2.45) is 46.3 Å². The summed E-state index contributed by atoms with van der Waals surface area (Å²) in [6.07, 6.45) is 8.48. The van der Waals surface area contributed by atoms with Crippen LogP contribution in [0.2, 0.25) is 0 Å². The van der Waals surface area contributed by atoms with Crippen LogP contribution in [0, 0.1) is 46.3 Å². The van der Waals surface area contributed by atoms with Gasteiger partial charge in [-0.25, -0.2) is 0 Å². The molecule has 4 nitrogen and oxygen atoms in total. The van der Waals surface area contributed by atoms with E-state index in [0.29, 0.717) is 35.5 Å². The molecule has 5 aliphatic rings. The lowest BCUT2D eigenvalue weighted by Gasteiger charge is -2.63. The van der Waals surface area contributed by atoms with Crippen molar-refractivity contribution in [3.8, 4) is 0 Å². The number of aliphatic hydroxyl groups excluding tert-OH is 3. The Morgan fingerprint density at radius 3 is 2.39 bits per heavy atom. The van der Waals surface area contributed by atoms with E-state index in [9.17, 15) is 15.3 Å². The topological polar surface area (TPSA) is 63.9 Å². The molecule has 4 saturated carbocycles. The standard InChI is InChI=1S/C32H49NO3/c1-20(7-6-14-33-18-21-8-4-5-9-22(21)19-33)25-10-11-26-30-27(17-29(36)32(25,26)3)31(2)13-12-24(34)15-23(31)16-28(30)35/h4-5,8-9,20,23-30,34-36H,6-7,10-19H2,1-3H3/t20-,23+,24-,25-,26+,27+,28-,29+,30+,31+,32-/m1/s1. The maximum atomic E-state index is 11.8. The molecule has 1 aromatic rings. The van der Waals surface area contributed by atoms with Crippen LogP contribution >= 0.6 is 0 Å². The smallest absolute Gasteiger partial charge is 0.0602 e. The zero-order valence-electron chi connectivity index (χ0n) is 22.8. The second-order valence-corrected chi connectivity index (χ2v) is 14.1. The van der Waals surface area contributed by atoms with Crippen molar-refractivity contribution in [3.63, 3.8) is 0 Å². The highest BCUT2D eigenvalue weighted by Gasteiger charge is 2.65. The minimum absolute atomic E-state index is 0.0805. The molecule has 11 atom stereocenters. The van der Waals surface area contributed by atoms with Crippen LogP contribution in [0.15, 0.2) is 24.3 Å². The van der Waals surface area contributed by atoms with Crippen LogP contribution in [0.5, 0.6) is 0 Å². The molecule has 3 N–H and O–H groups in total. The lowest BCUT2D eigenvalue weighted by molar-refractivity contribution is -0.207. The Hall–Kier alpha value is -0.940. The summed E-state index contributed by atoms with van der Waals surface area (Å²) in [7, 11) is 0. The molecule has 0 aromatic heterocycles. The Morgan fingerprint density at radius 2 is 1.67 bits per heavy atom. The molecule has 4 aliphatic carbocycles. The second kappa shape index (κ2) is 9.36. The van der Waals surface area contributed by atoms with Gasteiger partial charge in [-0.15, -0.1) is 0 Å². The van der Waals surface area contributed by atoms with E-state index in [1.54, 1.807) is 0 Å². The maximum Gasteiger partial charge on any atom is 0.0602 e. The molecule has 4 fully saturated rings. The predicted molar refractivity (Wildman–Crippen MR) is 143 cm³/mol. The molecule has 0 saturated heterocycles. The quantitative estimate of drug-likeness (QED) is 0.513. The lowest BCUT2D eigenvalue weighted by atomic mass is 9.43. The zero-order valence-corrected chi connectivity index (χ0v) is 22.8.